The second kappa shape index (κ2) is 6.07. The molecule has 0 radical (unpaired) electrons. The van der Waals surface area contributed by atoms with Crippen molar-refractivity contribution in [2.75, 3.05) is 0 Å². The van der Waals surface area contributed by atoms with Gasteiger partial charge in [0.15, 0.2) is 0 Å². The summed E-state index contributed by atoms with van der Waals surface area (Å²) < 4.78 is 0. The maximum absolute atomic E-state index is 11.7. The van der Waals surface area contributed by atoms with Crippen LogP contribution in [0.5, 0.6) is 5.75 Å². The molecule has 2 aromatic rings. The molecule has 0 aliphatic carbocycles. The minimum absolute atomic E-state index is 0.171. The fraction of sp³-hybridized carbons (Fsp3) is 0.0588. The molecule has 1 heterocycles. The summed E-state index contributed by atoms with van der Waals surface area (Å²) >= 11 is 1.07. The number of aliphatic imine (C=N–C) groups is 1. The highest BCUT2D eigenvalue weighted by molar-refractivity contribution is 8.18. The van der Waals surface area contributed by atoms with Gasteiger partial charge in [-0.3, -0.25) is 4.79 Å². The molecule has 1 saturated heterocycles. The average Bonchev–Trinajstić information content (AvgIpc) is 2.84. The molecule has 0 bridgehead atoms. The summed E-state index contributed by atoms with van der Waals surface area (Å²) in [6.07, 6.45) is 1.76. The molecule has 110 valence electrons. The van der Waals surface area contributed by atoms with Gasteiger partial charge < -0.3 is 10.4 Å². The van der Waals surface area contributed by atoms with E-state index in [1.54, 1.807) is 24.3 Å². The first kappa shape index (κ1) is 14.4. The van der Waals surface area contributed by atoms with E-state index in [0.717, 1.165) is 23.0 Å². The van der Waals surface area contributed by atoms with E-state index in [4.69, 9.17) is 0 Å². The highest BCUT2D eigenvalue weighted by atomic mass is 32.2. The third kappa shape index (κ3) is 3.04. The number of hydrogen-bond donors (Lipinski definition) is 2. The standard InChI is InChI=1S/C17H14N2O2S/c1-11-6-2-4-8-13(11)18-16-15(22-17(21)19-16)10-12-7-3-5-9-14(12)20/h2-10,20H,1H3,(H,18,19,21)/b15-10-. The number of amides is 1. The summed E-state index contributed by atoms with van der Waals surface area (Å²) in [4.78, 5) is 16.9. The van der Waals surface area contributed by atoms with E-state index in [9.17, 15) is 9.90 Å². The van der Waals surface area contributed by atoms with Crippen molar-refractivity contribution in [3.05, 3.63) is 64.6 Å². The second-order valence-corrected chi connectivity index (χ2v) is 5.84. The number of carbonyl (C=O) groups excluding carboxylic acids is 1. The van der Waals surface area contributed by atoms with Gasteiger partial charge >= 0.3 is 0 Å². The van der Waals surface area contributed by atoms with Gasteiger partial charge in [-0.25, -0.2) is 4.99 Å². The Hall–Kier alpha value is -2.53. The number of para-hydroxylation sites is 2. The first-order valence-electron chi connectivity index (χ1n) is 6.77. The van der Waals surface area contributed by atoms with Crippen molar-refractivity contribution in [1.29, 1.82) is 0 Å². The lowest BCUT2D eigenvalue weighted by Gasteiger charge is -2.03. The van der Waals surface area contributed by atoms with E-state index < -0.39 is 0 Å². The number of aryl methyl sites for hydroxylation is 1. The van der Waals surface area contributed by atoms with Crippen molar-refractivity contribution < 1.29 is 9.90 Å². The van der Waals surface area contributed by atoms with Crippen LogP contribution in [0.1, 0.15) is 11.1 Å². The zero-order valence-electron chi connectivity index (χ0n) is 11.9. The van der Waals surface area contributed by atoms with Crippen LogP contribution in [0.3, 0.4) is 0 Å². The molecule has 1 aliphatic rings. The number of thioether (sulfide) groups is 1. The summed E-state index contributed by atoms with van der Waals surface area (Å²) in [7, 11) is 0. The Morgan fingerprint density at radius 2 is 1.86 bits per heavy atom. The summed E-state index contributed by atoms with van der Waals surface area (Å²) in [5.74, 6) is 0.678. The topological polar surface area (TPSA) is 61.7 Å². The van der Waals surface area contributed by atoms with Crippen molar-refractivity contribution in [3.63, 3.8) is 0 Å². The molecule has 0 atom stereocenters. The summed E-state index contributed by atoms with van der Waals surface area (Å²) in [6, 6.07) is 14.7. The number of carbonyl (C=O) groups is 1. The Balaban J connectivity index is 2.02. The Bertz CT molecular complexity index is 731. The smallest absolute Gasteiger partial charge is 0.289 e. The van der Waals surface area contributed by atoms with Gasteiger partial charge in [0.2, 0.25) is 0 Å². The Kier molecular flexibility index (Phi) is 3.98. The van der Waals surface area contributed by atoms with E-state index in [-0.39, 0.29) is 11.0 Å². The molecule has 5 heteroatoms. The summed E-state index contributed by atoms with van der Waals surface area (Å²) in [5.41, 5.74) is 2.49. The normalized spacial score (nSPS) is 18.0. The first-order chi connectivity index (χ1) is 10.6. The van der Waals surface area contributed by atoms with Crippen LogP contribution in [0.25, 0.3) is 6.08 Å². The fourth-order valence-corrected chi connectivity index (χ4v) is 2.80. The number of benzene rings is 2. The zero-order valence-corrected chi connectivity index (χ0v) is 12.7. The van der Waals surface area contributed by atoms with Gasteiger partial charge in [0.1, 0.15) is 11.6 Å². The van der Waals surface area contributed by atoms with E-state index in [0.29, 0.717) is 16.3 Å². The number of aromatic hydroxyl groups is 1. The predicted molar refractivity (Wildman–Crippen MR) is 90.5 cm³/mol. The van der Waals surface area contributed by atoms with Crippen LogP contribution in [0.15, 0.2) is 58.4 Å². The fourth-order valence-electron chi connectivity index (χ4n) is 2.07. The minimum atomic E-state index is -0.172. The van der Waals surface area contributed by atoms with Crippen molar-refractivity contribution >= 4 is 34.6 Å². The molecule has 0 unspecified atom stereocenters. The number of nitrogens with one attached hydrogen (secondary N) is 1. The van der Waals surface area contributed by atoms with Crippen LogP contribution < -0.4 is 5.32 Å². The number of rotatable bonds is 2. The Labute approximate surface area is 132 Å². The van der Waals surface area contributed by atoms with Gasteiger partial charge in [0.05, 0.1) is 10.6 Å². The quantitative estimate of drug-likeness (QED) is 0.872. The lowest BCUT2D eigenvalue weighted by Crippen LogP contribution is -2.18. The molecule has 0 aromatic heterocycles. The van der Waals surface area contributed by atoms with Gasteiger partial charge in [-0.2, -0.15) is 0 Å². The maximum atomic E-state index is 11.7. The molecule has 2 aromatic carbocycles. The van der Waals surface area contributed by atoms with Crippen molar-refractivity contribution in [1.82, 2.24) is 5.32 Å². The Morgan fingerprint density at radius 3 is 2.64 bits per heavy atom. The molecule has 1 aliphatic heterocycles. The van der Waals surface area contributed by atoms with E-state index in [1.165, 1.54) is 0 Å². The predicted octanol–water partition coefficient (Wildman–Crippen LogP) is 4.23. The van der Waals surface area contributed by atoms with E-state index >= 15 is 0 Å². The average molecular weight is 310 g/mol. The van der Waals surface area contributed by atoms with E-state index in [2.05, 4.69) is 10.3 Å². The molecule has 4 nitrogen and oxygen atoms in total. The molecule has 0 spiro atoms. The van der Waals surface area contributed by atoms with Crippen LogP contribution in [-0.4, -0.2) is 16.2 Å². The largest absolute Gasteiger partial charge is 0.507 e. The SMILES string of the molecule is Cc1ccccc1N=C1NC(=O)S/C1=C\c1ccccc1O. The maximum Gasteiger partial charge on any atom is 0.289 e. The first-order valence-corrected chi connectivity index (χ1v) is 7.58. The Morgan fingerprint density at radius 1 is 1.14 bits per heavy atom. The van der Waals surface area contributed by atoms with Crippen LogP contribution in [-0.2, 0) is 0 Å². The van der Waals surface area contributed by atoms with Crippen LogP contribution in [0.2, 0.25) is 0 Å². The molecule has 3 rings (SSSR count). The summed E-state index contributed by atoms with van der Waals surface area (Å²) in [5, 5.41) is 12.4. The molecule has 22 heavy (non-hydrogen) atoms. The van der Waals surface area contributed by atoms with Crippen molar-refractivity contribution in [3.8, 4) is 5.75 Å². The van der Waals surface area contributed by atoms with Crippen LogP contribution in [0.4, 0.5) is 10.5 Å². The number of phenols is 1. The molecule has 0 saturated carbocycles. The molecule has 1 fully saturated rings. The monoisotopic (exact) mass is 310 g/mol. The van der Waals surface area contributed by atoms with Gasteiger partial charge in [-0.05, 0) is 42.5 Å². The van der Waals surface area contributed by atoms with Crippen LogP contribution >= 0.6 is 11.8 Å². The highest BCUT2D eigenvalue weighted by Crippen LogP contribution is 2.31. The third-order valence-corrected chi connectivity index (χ3v) is 4.05. The highest BCUT2D eigenvalue weighted by Gasteiger charge is 2.24. The van der Waals surface area contributed by atoms with Gasteiger partial charge in [-0.15, -0.1) is 0 Å². The zero-order chi connectivity index (χ0) is 15.5. The molecule has 1 amide bonds. The number of hydrogen-bond acceptors (Lipinski definition) is 4. The minimum Gasteiger partial charge on any atom is -0.507 e. The van der Waals surface area contributed by atoms with Gasteiger partial charge in [0.25, 0.3) is 5.24 Å². The number of amidine groups is 1. The molecular formula is C17H14N2O2S. The van der Waals surface area contributed by atoms with Crippen molar-refractivity contribution in [2.24, 2.45) is 4.99 Å². The number of nitrogens with zero attached hydrogens (tertiary/aromatic N) is 1. The molecule has 2 N–H and O–H groups in total. The van der Waals surface area contributed by atoms with E-state index in [1.807, 2.05) is 37.3 Å². The van der Waals surface area contributed by atoms with Crippen molar-refractivity contribution in [2.45, 2.75) is 6.92 Å². The van der Waals surface area contributed by atoms with Crippen LogP contribution in [0, 0.1) is 6.92 Å². The number of phenolic OH excluding ortho intramolecular Hbond substituents is 1. The lowest BCUT2D eigenvalue weighted by molar-refractivity contribution is 0.265. The lowest BCUT2D eigenvalue weighted by atomic mass is 10.2. The third-order valence-electron chi connectivity index (χ3n) is 3.23. The van der Waals surface area contributed by atoms with Gasteiger partial charge in [0, 0.05) is 5.56 Å². The molecular weight excluding hydrogens is 296 g/mol. The van der Waals surface area contributed by atoms with Gasteiger partial charge in [-0.1, -0.05) is 36.4 Å². The second-order valence-electron chi connectivity index (χ2n) is 4.83. The summed E-state index contributed by atoms with van der Waals surface area (Å²) in [6.45, 7) is 1.97.